The van der Waals surface area contributed by atoms with Gasteiger partial charge in [-0.25, -0.2) is 0 Å². The summed E-state index contributed by atoms with van der Waals surface area (Å²) < 4.78 is 8.51. The topological polar surface area (TPSA) is 54.8 Å². The lowest BCUT2D eigenvalue weighted by Crippen LogP contribution is -2.48. The van der Waals surface area contributed by atoms with E-state index in [0.717, 1.165) is 17.8 Å². The Hall–Kier alpha value is -2.86. The molecule has 4 aliphatic heterocycles. The Bertz CT molecular complexity index is 1120. The van der Waals surface area contributed by atoms with Crippen molar-refractivity contribution in [3.8, 4) is 0 Å². The minimum atomic E-state index is -0.655. The Balaban J connectivity index is 1.25. The normalized spacial score (nSPS) is 30.8. The van der Waals surface area contributed by atoms with E-state index in [4.69, 9.17) is 4.74 Å². The van der Waals surface area contributed by atoms with Crippen LogP contribution in [0.5, 0.6) is 0 Å². The number of aryl methyl sites for hydroxylation is 2. The Morgan fingerprint density at radius 2 is 2.06 bits per heavy atom. The molecule has 2 aromatic rings. The molecular weight excluding hydrogens is 390 g/mol. The van der Waals surface area contributed by atoms with Gasteiger partial charge in [0.1, 0.15) is 5.60 Å². The fraction of sp³-hybridized carbons (Fsp3) is 0.440. The average Bonchev–Trinajstić information content (AvgIpc) is 3.51. The van der Waals surface area contributed by atoms with Crippen LogP contribution in [-0.2, 0) is 34.0 Å². The Labute approximate surface area is 182 Å². The molecule has 2 amide bonds. The molecule has 4 atom stereocenters. The minimum Gasteiger partial charge on any atom is -0.360 e. The quantitative estimate of drug-likeness (QED) is 0.721. The monoisotopic (exact) mass is 417 g/mol. The summed E-state index contributed by atoms with van der Waals surface area (Å²) in [6, 6.07) is 10.4. The number of hydrogen-bond donors (Lipinski definition) is 0. The molecular formula is C25H27N3O3. The first-order valence-electron chi connectivity index (χ1n) is 11.1. The predicted octanol–water partition coefficient (Wildman–Crippen LogP) is 2.43. The van der Waals surface area contributed by atoms with Crippen molar-refractivity contribution >= 4 is 11.8 Å². The molecule has 2 bridgehead atoms. The van der Waals surface area contributed by atoms with Crippen molar-refractivity contribution in [2.75, 3.05) is 13.1 Å². The number of ether oxygens (including phenoxy) is 1. The van der Waals surface area contributed by atoms with Gasteiger partial charge in [-0.15, -0.1) is 0 Å². The number of nitrogens with zero attached hydrogens (tertiary/aromatic N) is 3. The maximum Gasteiger partial charge on any atom is 0.230 e. The third-order valence-corrected chi connectivity index (χ3v) is 7.61. The van der Waals surface area contributed by atoms with Crippen molar-refractivity contribution in [2.45, 2.75) is 45.2 Å². The van der Waals surface area contributed by atoms with E-state index in [1.54, 1.807) is 0 Å². The highest BCUT2D eigenvalue weighted by Crippen LogP contribution is 2.52. The van der Waals surface area contributed by atoms with E-state index >= 15 is 0 Å². The SMILES string of the molecule is Cc1ccc(CN2C[C@]34C=C[C@H](O3)C(C(=O)N3CCn5cccc5C3)C4C2=O)cc1C. The zero-order valence-corrected chi connectivity index (χ0v) is 18.0. The first-order chi connectivity index (χ1) is 14.9. The van der Waals surface area contributed by atoms with Crippen molar-refractivity contribution in [1.82, 2.24) is 14.4 Å². The number of hydrogen-bond acceptors (Lipinski definition) is 3. The van der Waals surface area contributed by atoms with Gasteiger partial charge in [-0.1, -0.05) is 30.4 Å². The van der Waals surface area contributed by atoms with Crippen LogP contribution < -0.4 is 0 Å². The average molecular weight is 418 g/mol. The number of carbonyl (C=O) groups excluding carboxylic acids is 2. The zero-order valence-electron chi connectivity index (χ0n) is 18.0. The molecule has 1 aromatic heterocycles. The highest BCUT2D eigenvalue weighted by atomic mass is 16.5. The van der Waals surface area contributed by atoms with Gasteiger partial charge in [-0.3, -0.25) is 9.59 Å². The Kier molecular flexibility index (Phi) is 4.00. The van der Waals surface area contributed by atoms with Crippen molar-refractivity contribution < 1.29 is 14.3 Å². The summed E-state index contributed by atoms with van der Waals surface area (Å²) in [6.45, 7) is 7.32. The van der Waals surface area contributed by atoms with Crippen LogP contribution in [0.1, 0.15) is 22.4 Å². The molecule has 6 nitrogen and oxygen atoms in total. The fourth-order valence-corrected chi connectivity index (χ4v) is 5.83. The van der Waals surface area contributed by atoms with Gasteiger partial charge in [-0.2, -0.15) is 0 Å². The zero-order chi connectivity index (χ0) is 21.3. The van der Waals surface area contributed by atoms with Gasteiger partial charge < -0.3 is 19.1 Å². The second kappa shape index (κ2) is 6.57. The maximum atomic E-state index is 13.6. The van der Waals surface area contributed by atoms with Crippen molar-refractivity contribution in [3.63, 3.8) is 0 Å². The van der Waals surface area contributed by atoms with Crippen LogP contribution >= 0.6 is 0 Å². The number of fused-ring (bicyclic) bond motifs is 2. The summed E-state index contributed by atoms with van der Waals surface area (Å²) in [5.74, 6) is -0.752. The summed E-state index contributed by atoms with van der Waals surface area (Å²) in [5.41, 5.74) is 4.07. The Morgan fingerprint density at radius 3 is 2.90 bits per heavy atom. The molecule has 31 heavy (non-hydrogen) atoms. The second-order valence-electron chi connectivity index (χ2n) is 9.47. The largest absolute Gasteiger partial charge is 0.360 e. The summed E-state index contributed by atoms with van der Waals surface area (Å²) in [7, 11) is 0. The number of rotatable bonds is 3. The number of aromatic nitrogens is 1. The van der Waals surface area contributed by atoms with Crippen molar-refractivity contribution in [1.29, 1.82) is 0 Å². The standard InChI is InChI=1S/C25H27N3O3/c1-16-5-6-18(12-17(16)2)13-28-15-25-8-7-20(31-25)21(22(25)24(28)30)23(29)27-11-10-26-9-3-4-19(26)14-27/h3-9,12,20-22H,10-11,13-15H2,1-2H3/t20-,21?,22?,25-/m0/s1. The van der Waals surface area contributed by atoms with Gasteiger partial charge in [-0.05, 0) is 42.7 Å². The van der Waals surface area contributed by atoms with E-state index in [2.05, 4.69) is 48.9 Å². The fourth-order valence-electron chi connectivity index (χ4n) is 5.83. The smallest absolute Gasteiger partial charge is 0.230 e. The van der Waals surface area contributed by atoms with Crippen molar-refractivity contribution in [2.24, 2.45) is 11.8 Å². The molecule has 1 spiro atoms. The lowest BCUT2D eigenvalue weighted by molar-refractivity contribution is -0.144. The lowest BCUT2D eigenvalue weighted by atomic mass is 9.76. The van der Waals surface area contributed by atoms with Crippen LogP contribution in [0.2, 0.25) is 0 Å². The third kappa shape index (κ3) is 2.74. The molecule has 0 N–H and O–H groups in total. The molecule has 1 aromatic carbocycles. The summed E-state index contributed by atoms with van der Waals surface area (Å²) in [4.78, 5) is 30.9. The van der Waals surface area contributed by atoms with E-state index in [0.29, 0.717) is 26.2 Å². The number of carbonyl (C=O) groups is 2. The molecule has 160 valence electrons. The van der Waals surface area contributed by atoms with E-state index in [-0.39, 0.29) is 17.9 Å². The lowest BCUT2D eigenvalue weighted by Gasteiger charge is -2.33. The minimum absolute atomic E-state index is 0.0452. The molecule has 2 saturated heterocycles. The molecule has 0 aliphatic carbocycles. The highest BCUT2D eigenvalue weighted by molar-refractivity contribution is 5.93. The van der Waals surface area contributed by atoms with Gasteiger partial charge in [0.2, 0.25) is 11.8 Å². The molecule has 6 heteroatoms. The second-order valence-corrected chi connectivity index (χ2v) is 9.47. The molecule has 0 saturated carbocycles. The van der Waals surface area contributed by atoms with Crippen LogP contribution in [0.15, 0.2) is 48.7 Å². The molecule has 2 fully saturated rings. The molecule has 0 radical (unpaired) electrons. The maximum absolute atomic E-state index is 13.6. The van der Waals surface area contributed by atoms with Crippen LogP contribution in [-0.4, -0.2) is 51.0 Å². The molecule has 6 rings (SSSR count). The van der Waals surface area contributed by atoms with E-state index < -0.39 is 17.4 Å². The van der Waals surface area contributed by atoms with E-state index in [1.165, 1.54) is 11.1 Å². The van der Waals surface area contributed by atoms with E-state index in [9.17, 15) is 9.59 Å². The van der Waals surface area contributed by atoms with Crippen LogP contribution in [0.4, 0.5) is 0 Å². The van der Waals surface area contributed by atoms with Gasteiger partial charge in [0.05, 0.1) is 31.0 Å². The van der Waals surface area contributed by atoms with Crippen LogP contribution in [0.25, 0.3) is 0 Å². The van der Waals surface area contributed by atoms with Crippen molar-refractivity contribution in [3.05, 3.63) is 71.1 Å². The number of amides is 2. The van der Waals surface area contributed by atoms with Gasteiger partial charge >= 0.3 is 0 Å². The van der Waals surface area contributed by atoms with Gasteiger partial charge in [0, 0.05) is 31.5 Å². The van der Waals surface area contributed by atoms with E-state index in [1.807, 2.05) is 28.0 Å². The molecule has 4 aliphatic rings. The van der Waals surface area contributed by atoms with Crippen LogP contribution in [0, 0.1) is 25.7 Å². The van der Waals surface area contributed by atoms with Gasteiger partial charge in [0.25, 0.3) is 0 Å². The first kappa shape index (κ1) is 18.9. The number of benzene rings is 1. The van der Waals surface area contributed by atoms with Crippen LogP contribution in [0.3, 0.4) is 0 Å². The Morgan fingerprint density at radius 1 is 1.19 bits per heavy atom. The molecule has 2 unspecified atom stereocenters. The summed E-state index contributed by atoms with van der Waals surface area (Å²) in [6.07, 6.45) is 5.80. The predicted molar refractivity (Wildman–Crippen MR) is 115 cm³/mol. The number of likely N-dealkylation sites (tertiary alicyclic amines) is 1. The van der Waals surface area contributed by atoms with Gasteiger partial charge in [0.15, 0.2) is 0 Å². The molecule has 5 heterocycles. The highest BCUT2D eigenvalue weighted by Gasteiger charge is 2.67. The first-order valence-corrected chi connectivity index (χ1v) is 11.1. The summed E-state index contributed by atoms with van der Waals surface area (Å²) in [5, 5.41) is 0. The summed E-state index contributed by atoms with van der Waals surface area (Å²) >= 11 is 0. The third-order valence-electron chi connectivity index (χ3n) is 7.61.